The van der Waals surface area contributed by atoms with Crippen molar-refractivity contribution in [3.05, 3.63) is 27.7 Å². The molecule has 0 spiro atoms. The van der Waals surface area contributed by atoms with Gasteiger partial charge in [0.2, 0.25) is 0 Å². The predicted molar refractivity (Wildman–Crippen MR) is 104 cm³/mol. The van der Waals surface area contributed by atoms with Gasteiger partial charge in [0.15, 0.2) is 5.11 Å². The van der Waals surface area contributed by atoms with E-state index in [4.69, 9.17) is 23.8 Å². The zero-order chi connectivity index (χ0) is 16.2. The molecule has 4 bridgehead atoms. The summed E-state index contributed by atoms with van der Waals surface area (Å²) in [6.07, 6.45) is 8.28. The molecule has 124 valence electrons. The molecule has 0 heterocycles. The highest BCUT2D eigenvalue weighted by Crippen LogP contribution is 2.57. The summed E-state index contributed by atoms with van der Waals surface area (Å²) in [5.41, 5.74) is 1.16. The Hall–Kier alpha value is -0.320. The number of anilines is 1. The minimum absolute atomic E-state index is 0.278. The standard InChI is InChI=1S/C18H22BrClN2S/c1-22(17(23)21-16-3-2-14(19)7-15(16)20)18-8-11-4-12(9-18)6-13(5-11)10-18/h2-3,7,11-13H,4-6,8-10H2,1H3,(H,21,23). The summed E-state index contributed by atoms with van der Waals surface area (Å²) in [4.78, 5) is 2.35. The third-order valence-electron chi connectivity index (χ3n) is 6.19. The number of rotatable bonds is 2. The predicted octanol–water partition coefficient (Wildman–Crippen LogP) is 5.70. The van der Waals surface area contributed by atoms with Crippen molar-refractivity contribution in [1.29, 1.82) is 0 Å². The fourth-order valence-electron chi connectivity index (χ4n) is 5.48. The monoisotopic (exact) mass is 412 g/mol. The summed E-state index contributed by atoms with van der Waals surface area (Å²) in [6, 6.07) is 5.87. The summed E-state index contributed by atoms with van der Waals surface area (Å²) in [5, 5.41) is 4.86. The van der Waals surface area contributed by atoms with Gasteiger partial charge >= 0.3 is 0 Å². The maximum Gasteiger partial charge on any atom is 0.173 e. The molecule has 5 heteroatoms. The van der Waals surface area contributed by atoms with Crippen LogP contribution < -0.4 is 5.32 Å². The van der Waals surface area contributed by atoms with Crippen molar-refractivity contribution in [2.45, 2.75) is 44.1 Å². The topological polar surface area (TPSA) is 15.3 Å². The lowest BCUT2D eigenvalue weighted by Gasteiger charge is -2.60. The van der Waals surface area contributed by atoms with Crippen LogP contribution in [0.3, 0.4) is 0 Å². The van der Waals surface area contributed by atoms with Crippen LogP contribution in [0.4, 0.5) is 5.69 Å². The van der Waals surface area contributed by atoms with Crippen LogP contribution in [0.5, 0.6) is 0 Å². The molecule has 4 saturated carbocycles. The molecule has 1 aromatic rings. The van der Waals surface area contributed by atoms with Crippen LogP contribution in [0.1, 0.15) is 38.5 Å². The van der Waals surface area contributed by atoms with Crippen molar-refractivity contribution in [2.24, 2.45) is 17.8 Å². The maximum absolute atomic E-state index is 6.33. The normalized spacial score (nSPS) is 34.5. The summed E-state index contributed by atoms with van der Waals surface area (Å²) < 4.78 is 0.980. The molecule has 1 aromatic carbocycles. The smallest absolute Gasteiger partial charge is 0.173 e. The Morgan fingerprint density at radius 3 is 2.30 bits per heavy atom. The highest BCUT2D eigenvalue weighted by Gasteiger charge is 2.53. The summed E-state index contributed by atoms with van der Waals surface area (Å²) in [6.45, 7) is 0. The summed E-state index contributed by atoms with van der Waals surface area (Å²) in [5.74, 6) is 2.76. The number of nitrogens with one attached hydrogen (secondary N) is 1. The van der Waals surface area contributed by atoms with Gasteiger partial charge in [-0.3, -0.25) is 0 Å². The molecular formula is C18H22BrClN2S. The Morgan fingerprint density at radius 2 is 1.78 bits per heavy atom. The second-order valence-corrected chi connectivity index (χ2v) is 9.46. The van der Waals surface area contributed by atoms with Crippen LogP contribution in [-0.2, 0) is 0 Å². The molecule has 0 aliphatic heterocycles. The fraction of sp³-hybridized carbons (Fsp3) is 0.611. The van der Waals surface area contributed by atoms with E-state index in [0.29, 0.717) is 5.02 Å². The Balaban J connectivity index is 1.52. The Kier molecular flexibility index (Phi) is 4.14. The van der Waals surface area contributed by atoms with Crippen LogP contribution in [0.15, 0.2) is 22.7 Å². The molecule has 0 atom stereocenters. The number of benzene rings is 1. The van der Waals surface area contributed by atoms with Gasteiger partial charge in [-0.2, -0.15) is 0 Å². The second-order valence-electron chi connectivity index (χ2n) is 7.76. The largest absolute Gasteiger partial charge is 0.346 e. The maximum atomic E-state index is 6.33. The van der Waals surface area contributed by atoms with Crippen molar-refractivity contribution in [3.63, 3.8) is 0 Å². The fourth-order valence-corrected chi connectivity index (χ4v) is 6.51. The minimum atomic E-state index is 0.278. The molecular weight excluding hydrogens is 392 g/mol. The molecule has 0 radical (unpaired) electrons. The van der Waals surface area contributed by atoms with Crippen molar-refractivity contribution in [3.8, 4) is 0 Å². The number of hydrogen-bond donors (Lipinski definition) is 1. The highest BCUT2D eigenvalue weighted by atomic mass is 79.9. The van der Waals surface area contributed by atoms with Gasteiger partial charge in [-0.1, -0.05) is 27.5 Å². The molecule has 4 aliphatic rings. The van der Waals surface area contributed by atoms with E-state index in [1.54, 1.807) is 0 Å². The molecule has 23 heavy (non-hydrogen) atoms. The molecule has 0 aromatic heterocycles. The molecule has 4 aliphatic carbocycles. The molecule has 0 saturated heterocycles. The molecule has 0 unspecified atom stereocenters. The Morgan fingerprint density at radius 1 is 1.22 bits per heavy atom. The van der Waals surface area contributed by atoms with Gasteiger partial charge in [0, 0.05) is 17.1 Å². The van der Waals surface area contributed by atoms with E-state index in [9.17, 15) is 0 Å². The third kappa shape index (κ3) is 2.91. The van der Waals surface area contributed by atoms with Crippen molar-refractivity contribution >= 4 is 50.5 Å². The van der Waals surface area contributed by atoms with E-state index in [1.165, 1.54) is 38.5 Å². The summed E-state index contributed by atoms with van der Waals surface area (Å²) in [7, 11) is 2.18. The number of nitrogens with zero attached hydrogens (tertiary/aromatic N) is 1. The SMILES string of the molecule is CN(C(=S)Nc1ccc(Br)cc1Cl)C12CC3CC(CC(C3)C1)C2. The van der Waals surface area contributed by atoms with Gasteiger partial charge in [0.25, 0.3) is 0 Å². The average molecular weight is 414 g/mol. The molecule has 0 amide bonds. The van der Waals surface area contributed by atoms with Crippen LogP contribution in [0.25, 0.3) is 0 Å². The van der Waals surface area contributed by atoms with Gasteiger partial charge < -0.3 is 10.2 Å². The lowest BCUT2D eigenvalue weighted by molar-refractivity contribution is -0.0538. The van der Waals surface area contributed by atoms with E-state index in [1.807, 2.05) is 18.2 Å². The zero-order valence-corrected chi connectivity index (χ0v) is 16.5. The third-order valence-corrected chi connectivity index (χ3v) is 7.38. The average Bonchev–Trinajstić information content (AvgIpc) is 2.48. The van der Waals surface area contributed by atoms with E-state index >= 15 is 0 Å². The first-order chi connectivity index (χ1) is 10.9. The van der Waals surface area contributed by atoms with Crippen LogP contribution in [0.2, 0.25) is 5.02 Å². The second kappa shape index (κ2) is 5.89. The van der Waals surface area contributed by atoms with Crippen molar-refractivity contribution < 1.29 is 0 Å². The van der Waals surface area contributed by atoms with Gasteiger partial charge in [-0.15, -0.1) is 0 Å². The molecule has 1 N–H and O–H groups in total. The van der Waals surface area contributed by atoms with Gasteiger partial charge in [0.1, 0.15) is 0 Å². The van der Waals surface area contributed by atoms with Crippen molar-refractivity contribution in [2.75, 3.05) is 12.4 Å². The van der Waals surface area contributed by atoms with Gasteiger partial charge in [-0.25, -0.2) is 0 Å². The number of thiocarbonyl (C=S) groups is 1. The Bertz CT molecular complexity index is 613. The summed E-state index contributed by atoms with van der Waals surface area (Å²) >= 11 is 15.5. The van der Waals surface area contributed by atoms with E-state index in [2.05, 4.69) is 33.2 Å². The zero-order valence-electron chi connectivity index (χ0n) is 13.3. The highest BCUT2D eigenvalue weighted by molar-refractivity contribution is 9.10. The van der Waals surface area contributed by atoms with Crippen LogP contribution in [0, 0.1) is 17.8 Å². The first-order valence-electron chi connectivity index (χ1n) is 8.45. The van der Waals surface area contributed by atoms with Gasteiger partial charge in [0.05, 0.1) is 10.7 Å². The number of halogens is 2. The first-order valence-corrected chi connectivity index (χ1v) is 10.0. The van der Waals surface area contributed by atoms with Crippen LogP contribution >= 0.6 is 39.7 Å². The van der Waals surface area contributed by atoms with Crippen molar-refractivity contribution in [1.82, 2.24) is 4.90 Å². The van der Waals surface area contributed by atoms with Crippen LogP contribution in [-0.4, -0.2) is 22.6 Å². The lowest BCUT2D eigenvalue weighted by Crippen LogP contribution is -2.60. The lowest BCUT2D eigenvalue weighted by atomic mass is 9.52. The van der Waals surface area contributed by atoms with Gasteiger partial charge in [-0.05, 0) is 86.7 Å². The molecule has 5 rings (SSSR count). The van der Waals surface area contributed by atoms with E-state index in [0.717, 1.165) is 33.0 Å². The first kappa shape index (κ1) is 16.2. The Labute approximate surface area is 157 Å². The number of hydrogen-bond acceptors (Lipinski definition) is 1. The minimum Gasteiger partial charge on any atom is -0.346 e. The quantitative estimate of drug-likeness (QED) is 0.626. The van der Waals surface area contributed by atoms with E-state index in [-0.39, 0.29) is 5.54 Å². The van der Waals surface area contributed by atoms with E-state index < -0.39 is 0 Å². The molecule has 4 fully saturated rings. The molecule has 2 nitrogen and oxygen atoms in total.